The molecule has 1 fully saturated rings. The average molecular weight is 285 g/mol. The van der Waals surface area contributed by atoms with Crippen molar-refractivity contribution >= 4 is 5.95 Å². The minimum Gasteiger partial charge on any atom is -0.494 e. The van der Waals surface area contributed by atoms with Crippen molar-refractivity contribution in [3.8, 4) is 5.75 Å². The first kappa shape index (κ1) is 13.8. The molecule has 2 aromatic rings. The van der Waals surface area contributed by atoms with Crippen molar-refractivity contribution in [2.45, 2.75) is 18.4 Å². The van der Waals surface area contributed by atoms with Crippen molar-refractivity contribution in [2.24, 2.45) is 0 Å². The lowest BCUT2D eigenvalue weighted by molar-refractivity contribution is 0.129. The van der Waals surface area contributed by atoms with E-state index in [1.807, 2.05) is 23.1 Å². The highest BCUT2D eigenvalue weighted by Gasteiger charge is 2.29. The summed E-state index contributed by atoms with van der Waals surface area (Å²) in [5, 5.41) is 10.4. The van der Waals surface area contributed by atoms with Crippen LogP contribution in [0.15, 0.2) is 42.7 Å². The molecule has 0 bridgehead atoms. The van der Waals surface area contributed by atoms with Crippen molar-refractivity contribution in [3.05, 3.63) is 48.3 Å². The van der Waals surface area contributed by atoms with Gasteiger partial charge in [0.15, 0.2) is 5.75 Å². The number of β-amino-alcohol motifs (C(OH)–C–C–N with tert-alkyl or cyclic N) is 1. The Morgan fingerprint density at radius 2 is 1.90 bits per heavy atom. The third-order valence-electron chi connectivity index (χ3n) is 3.94. The van der Waals surface area contributed by atoms with E-state index in [0.29, 0.717) is 18.2 Å². The van der Waals surface area contributed by atoms with Gasteiger partial charge >= 0.3 is 0 Å². The van der Waals surface area contributed by atoms with Crippen LogP contribution >= 0.6 is 0 Å². The lowest BCUT2D eigenvalue weighted by Gasteiger charge is -2.36. The fourth-order valence-electron chi connectivity index (χ4n) is 2.78. The van der Waals surface area contributed by atoms with E-state index in [1.54, 1.807) is 19.5 Å². The van der Waals surface area contributed by atoms with E-state index in [0.717, 1.165) is 13.0 Å². The number of aliphatic hydroxyl groups excluding tert-OH is 1. The van der Waals surface area contributed by atoms with Crippen LogP contribution in [0, 0.1) is 0 Å². The van der Waals surface area contributed by atoms with Crippen LogP contribution in [0.1, 0.15) is 17.9 Å². The van der Waals surface area contributed by atoms with Crippen molar-refractivity contribution < 1.29 is 9.84 Å². The van der Waals surface area contributed by atoms with Crippen LogP contribution in [0.2, 0.25) is 0 Å². The van der Waals surface area contributed by atoms with Crippen LogP contribution in [-0.2, 0) is 0 Å². The van der Waals surface area contributed by atoms with Crippen molar-refractivity contribution in [2.75, 3.05) is 25.1 Å². The molecule has 110 valence electrons. The summed E-state index contributed by atoms with van der Waals surface area (Å²) in [6.07, 6.45) is 3.78. The predicted octanol–water partition coefficient (Wildman–Crippen LogP) is 1.84. The van der Waals surface area contributed by atoms with E-state index in [1.165, 1.54) is 5.56 Å². The number of rotatable bonds is 3. The molecule has 21 heavy (non-hydrogen) atoms. The number of aliphatic hydroxyl groups is 1. The van der Waals surface area contributed by atoms with Crippen molar-refractivity contribution in [3.63, 3.8) is 0 Å². The van der Waals surface area contributed by atoms with E-state index in [9.17, 15) is 5.11 Å². The van der Waals surface area contributed by atoms with E-state index in [4.69, 9.17) is 4.74 Å². The van der Waals surface area contributed by atoms with E-state index >= 15 is 0 Å². The van der Waals surface area contributed by atoms with Crippen LogP contribution in [-0.4, -0.2) is 41.4 Å². The summed E-state index contributed by atoms with van der Waals surface area (Å²) in [6.45, 7) is 1.38. The highest BCUT2D eigenvalue weighted by atomic mass is 16.5. The molecule has 3 rings (SSSR count). The van der Waals surface area contributed by atoms with Crippen molar-refractivity contribution in [1.82, 2.24) is 9.97 Å². The average Bonchev–Trinajstić information content (AvgIpc) is 2.55. The normalized spacial score (nSPS) is 22.1. The van der Waals surface area contributed by atoms with Gasteiger partial charge < -0.3 is 14.7 Å². The number of methoxy groups -OCH3 is 1. The first-order chi connectivity index (χ1) is 10.3. The Morgan fingerprint density at radius 3 is 2.52 bits per heavy atom. The van der Waals surface area contributed by atoms with Crippen LogP contribution in [0.3, 0.4) is 0 Å². The van der Waals surface area contributed by atoms with Gasteiger partial charge in [-0.2, -0.15) is 0 Å². The Bertz CT molecular complexity index is 574. The third kappa shape index (κ3) is 2.97. The van der Waals surface area contributed by atoms with E-state index in [2.05, 4.69) is 22.1 Å². The maximum absolute atomic E-state index is 10.4. The molecule has 1 aliphatic heterocycles. The van der Waals surface area contributed by atoms with Crippen LogP contribution < -0.4 is 9.64 Å². The molecule has 5 nitrogen and oxygen atoms in total. The Balaban J connectivity index is 1.70. The van der Waals surface area contributed by atoms with E-state index in [-0.39, 0.29) is 5.92 Å². The molecule has 2 atom stereocenters. The molecule has 1 saturated heterocycles. The zero-order valence-corrected chi connectivity index (χ0v) is 12.0. The standard InChI is InChI=1S/C16H19N3O2/c1-21-13-9-17-16(18-10-13)19-8-7-14(15(20)11-19)12-5-3-2-4-6-12/h2-6,9-10,14-15,20H,7-8,11H2,1H3/t14-,15+/m0/s1. The lowest BCUT2D eigenvalue weighted by Crippen LogP contribution is -2.43. The number of hydrogen-bond donors (Lipinski definition) is 1. The number of benzene rings is 1. The highest BCUT2D eigenvalue weighted by Crippen LogP contribution is 2.29. The van der Waals surface area contributed by atoms with Gasteiger partial charge in [0.05, 0.1) is 25.6 Å². The summed E-state index contributed by atoms with van der Waals surface area (Å²) >= 11 is 0. The number of aromatic nitrogens is 2. The zero-order valence-electron chi connectivity index (χ0n) is 12.0. The molecule has 0 amide bonds. The largest absolute Gasteiger partial charge is 0.494 e. The van der Waals surface area contributed by atoms with Gasteiger partial charge in [-0.05, 0) is 12.0 Å². The van der Waals surface area contributed by atoms with Gasteiger partial charge in [0.25, 0.3) is 0 Å². The van der Waals surface area contributed by atoms with Gasteiger partial charge in [-0.25, -0.2) is 9.97 Å². The van der Waals surface area contributed by atoms with Crippen LogP contribution in [0.5, 0.6) is 5.75 Å². The van der Waals surface area contributed by atoms with Gasteiger partial charge in [0.2, 0.25) is 5.95 Å². The predicted molar refractivity (Wildman–Crippen MR) is 80.6 cm³/mol. The maximum Gasteiger partial charge on any atom is 0.225 e. The molecule has 1 aromatic heterocycles. The van der Waals surface area contributed by atoms with E-state index < -0.39 is 6.10 Å². The second-order valence-electron chi connectivity index (χ2n) is 5.24. The first-order valence-electron chi connectivity index (χ1n) is 7.12. The van der Waals surface area contributed by atoms with Gasteiger partial charge in [-0.15, -0.1) is 0 Å². The smallest absolute Gasteiger partial charge is 0.225 e. The van der Waals surface area contributed by atoms with Crippen LogP contribution in [0.25, 0.3) is 0 Å². The molecular formula is C16H19N3O2. The molecule has 2 heterocycles. The molecule has 1 aromatic carbocycles. The van der Waals surface area contributed by atoms with Gasteiger partial charge in [0.1, 0.15) is 0 Å². The van der Waals surface area contributed by atoms with Crippen molar-refractivity contribution in [1.29, 1.82) is 0 Å². The first-order valence-corrected chi connectivity index (χ1v) is 7.12. The lowest BCUT2D eigenvalue weighted by atomic mass is 9.87. The fourth-order valence-corrected chi connectivity index (χ4v) is 2.78. The summed E-state index contributed by atoms with van der Waals surface area (Å²) in [6, 6.07) is 10.2. The monoisotopic (exact) mass is 285 g/mol. The summed E-state index contributed by atoms with van der Waals surface area (Å²) in [4.78, 5) is 10.6. The number of nitrogens with zero attached hydrogens (tertiary/aromatic N) is 3. The molecule has 5 heteroatoms. The summed E-state index contributed by atoms with van der Waals surface area (Å²) in [5.74, 6) is 1.46. The zero-order chi connectivity index (χ0) is 14.7. The van der Waals surface area contributed by atoms with Gasteiger partial charge in [-0.3, -0.25) is 0 Å². The molecule has 1 N–H and O–H groups in total. The summed E-state index contributed by atoms with van der Waals surface area (Å²) in [5.41, 5.74) is 1.19. The maximum atomic E-state index is 10.4. The minimum absolute atomic E-state index is 0.181. The van der Waals surface area contributed by atoms with Gasteiger partial charge in [0, 0.05) is 19.0 Å². The Hall–Kier alpha value is -2.14. The summed E-state index contributed by atoms with van der Waals surface area (Å²) in [7, 11) is 1.59. The molecule has 0 spiro atoms. The fraction of sp³-hybridized carbons (Fsp3) is 0.375. The Labute approximate surface area is 124 Å². The molecule has 0 saturated carbocycles. The number of hydrogen-bond acceptors (Lipinski definition) is 5. The topological polar surface area (TPSA) is 58.5 Å². The highest BCUT2D eigenvalue weighted by molar-refractivity contribution is 5.34. The molecule has 0 unspecified atom stereocenters. The quantitative estimate of drug-likeness (QED) is 0.932. The SMILES string of the molecule is COc1cnc(N2CC[C@@H](c3ccccc3)[C@H](O)C2)nc1. The summed E-state index contributed by atoms with van der Waals surface area (Å²) < 4.78 is 5.06. The third-order valence-corrected chi connectivity index (χ3v) is 3.94. The van der Waals surface area contributed by atoms with Crippen LogP contribution in [0.4, 0.5) is 5.95 Å². The number of piperidine rings is 1. The number of ether oxygens (including phenoxy) is 1. The number of anilines is 1. The molecule has 1 aliphatic rings. The molecule has 0 radical (unpaired) electrons. The second-order valence-corrected chi connectivity index (χ2v) is 5.24. The second kappa shape index (κ2) is 6.10. The Kier molecular flexibility index (Phi) is 4.01. The minimum atomic E-state index is -0.410. The molecule has 0 aliphatic carbocycles. The Morgan fingerprint density at radius 1 is 1.19 bits per heavy atom. The molecular weight excluding hydrogens is 266 g/mol. The van der Waals surface area contributed by atoms with Gasteiger partial charge in [-0.1, -0.05) is 30.3 Å².